The van der Waals surface area contributed by atoms with Crippen molar-refractivity contribution in [3.05, 3.63) is 71.5 Å². The number of likely N-dealkylation sites (N-methyl/N-ethyl adjacent to an activating group) is 1. The van der Waals surface area contributed by atoms with Gasteiger partial charge in [-0.25, -0.2) is 4.39 Å². The van der Waals surface area contributed by atoms with Crippen LogP contribution in [-0.4, -0.2) is 35.6 Å². The van der Waals surface area contributed by atoms with Crippen molar-refractivity contribution in [1.29, 1.82) is 0 Å². The maximum atomic E-state index is 14.0. The third kappa shape index (κ3) is 5.59. The van der Waals surface area contributed by atoms with Crippen LogP contribution in [-0.2, 0) is 21.9 Å². The zero-order chi connectivity index (χ0) is 18.9. The second kappa shape index (κ2) is 9.97. The molecule has 2 rings (SSSR count). The van der Waals surface area contributed by atoms with Crippen molar-refractivity contribution in [2.45, 2.75) is 25.3 Å². The number of nitrogens with one attached hydrogen (secondary N) is 1. The van der Waals surface area contributed by atoms with Gasteiger partial charge in [0.1, 0.15) is 11.9 Å². The van der Waals surface area contributed by atoms with Gasteiger partial charge in [0, 0.05) is 24.9 Å². The van der Waals surface area contributed by atoms with Crippen LogP contribution in [0.4, 0.5) is 4.39 Å². The maximum Gasteiger partial charge on any atom is 0.242 e. The molecule has 0 saturated carbocycles. The summed E-state index contributed by atoms with van der Waals surface area (Å²) in [7, 11) is 1.52. The van der Waals surface area contributed by atoms with Gasteiger partial charge in [-0.15, -0.1) is 11.8 Å². The fourth-order valence-corrected chi connectivity index (χ4v) is 3.39. The lowest BCUT2D eigenvalue weighted by Crippen LogP contribution is -2.47. The maximum absolute atomic E-state index is 14.0. The molecule has 1 unspecified atom stereocenters. The summed E-state index contributed by atoms with van der Waals surface area (Å²) in [6, 6.07) is 15.5. The van der Waals surface area contributed by atoms with Gasteiger partial charge in [-0.05, 0) is 18.6 Å². The lowest BCUT2D eigenvalue weighted by atomic mass is 10.1. The Morgan fingerprint density at radius 1 is 1.12 bits per heavy atom. The highest BCUT2D eigenvalue weighted by molar-refractivity contribution is 7.99. The van der Waals surface area contributed by atoms with Crippen LogP contribution in [0, 0.1) is 5.82 Å². The quantitative estimate of drug-likeness (QED) is 0.772. The number of nitrogens with zero attached hydrogens (tertiary/aromatic N) is 1. The summed E-state index contributed by atoms with van der Waals surface area (Å²) in [5, 5.41) is 2.55. The monoisotopic (exact) mass is 374 g/mol. The van der Waals surface area contributed by atoms with E-state index in [1.54, 1.807) is 25.1 Å². The summed E-state index contributed by atoms with van der Waals surface area (Å²) < 4.78 is 14.0. The Morgan fingerprint density at radius 2 is 1.77 bits per heavy atom. The molecule has 0 radical (unpaired) electrons. The van der Waals surface area contributed by atoms with E-state index in [9.17, 15) is 14.0 Å². The largest absolute Gasteiger partial charge is 0.357 e. The van der Waals surface area contributed by atoms with Gasteiger partial charge in [-0.1, -0.05) is 48.5 Å². The average Bonchev–Trinajstić information content (AvgIpc) is 2.67. The molecule has 2 aromatic carbocycles. The summed E-state index contributed by atoms with van der Waals surface area (Å²) in [5.41, 5.74) is 1.52. The van der Waals surface area contributed by atoms with Gasteiger partial charge < -0.3 is 10.2 Å². The molecule has 4 nitrogen and oxygen atoms in total. The topological polar surface area (TPSA) is 49.4 Å². The van der Waals surface area contributed by atoms with E-state index in [0.29, 0.717) is 11.3 Å². The van der Waals surface area contributed by atoms with Crippen LogP contribution in [0.1, 0.15) is 18.1 Å². The fraction of sp³-hybridized carbons (Fsp3) is 0.300. The minimum absolute atomic E-state index is 0.0615. The average molecular weight is 374 g/mol. The van der Waals surface area contributed by atoms with Crippen LogP contribution in [0.15, 0.2) is 54.6 Å². The first kappa shape index (κ1) is 20.0. The lowest BCUT2D eigenvalue weighted by molar-refractivity contribution is -0.138. The summed E-state index contributed by atoms with van der Waals surface area (Å²) >= 11 is 1.48. The van der Waals surface area contributed by atoms with Crippen molar-refractivity contribution in [3.63, 3.8) is 0 Å². The predicted molar refractivity (Wildman–Crippen MR) is 103 cm³/mol. The van der Waals surface area contributed by atoms with E-state index in [1.165, 1.54) is 29.8 Å². The van der Waals surface area contributed by atoms with Crippen molar-refractivity contribution in [2.24, 2.45) is 0 Å². The number of hydrogen-bond acceptors (Lipinski definition) is 3. The predicted octanol–water partition coefficient (Wildman–Crippen LogP) is 3.22. The molecule has 26 heavy (non-hydrogen) atoms. The van der Waals surface area contributed by atoms with Gasteiger partial charge in [0.2, 0.25) is 11.8 Å². The highest BCUT2D eigenvalue weighted by Gasteiger charge is 2.26. The van der Waals surface area contributed by atoms with E-state index >= 15 is 0 Å². The van der Waals surface area contributed by atoms with Gasteiger partial charge >= 0.3 is 0 Å². The van der Waals surface area contributed by atoms with Gasteiger partial charge in [0.25, 0.3) is 0 Å². The van der Waals surface area contributed by atoms with E-state index < -0.39 is 6.04 Å². The molecule has 0 aromatic heterocycles. The molecular formula is C20H23FN2O2S. The summed E-state index contributed by atoms with van der Waals surface area (Å²) in [6.07, 6.45) is 0. The molecule has 0 aliphatic heterocycles. The number of hydrogen-bond donors (Lipinski definition) is 1. The Bertz CT molecular complexity index is 740. The summed E-state index contributed by atoms with van der Waals surface area (Å²) in [6.45, 7) is 1.71. The van der Waals surface area contributed by atoms with Crippen LogP contribution in [0.25, 0.3) is 0 Å². The minimum atomic E-state index is -0.676. The molecule has 138 valence electrons. The molecule has 1 atom stereocenters. The van der Waals surface area contributed by atoms with Crippen molar-refractivity contribution in [2.75, 3.05) is 12.8 Å². The van der Waals surface area contributed by atoms with E-state index in [4.69, 9.17) is 0 Å². The van der Waals surface area contributed by atoms with Crippen molar-refractivity contribution in [3.8, 4) is 0 Å². The summed E-state index contributed by atoms with van der Waals surface area (Å²) in [4.78, 5) is 26.2. The molecule has 6 heteroatoms. The number of benzene rings is 2. The Morgan fingerprint density at radius 3 is 2.42 bits per heavy atom. The third-order valence-electron chi connectivity index (χ3n) is 4.05. The molecule has 0 heterocycles. The van der Waals surface area contributed by atoms with Gasteiger partial charge in [-0.3, -0.25) is 9.59 Å². The molecule has 0 saturated heterocycles. The van der Waals surface area contributed by atoms with Crippen molar-refractivity contribution in [1.82, 2.24) is 10.2 Å². The highest BCUT2D eigenvalue weighted by atomic mass is 32.2. The molecule has 0 bridgehead atoms. The van der Waals surface area contributed by atoms with Crippen molar-refractivity contribution < 1.29 is 14.0 Å². The SMILES string of the molecule is CNC(=O)C(C)N(Cc1ccccc1F)C(=O)CSCc1ccccc1. The van der Waals surface area contributed by atoms with Crippen LogP contribution >= 0.6 is 11.8 Å². The molecule has 1 N–H and O–H groups in total. The molecule has 0 aliphatic rings. The first-order valence-corrected chi connectivity index (χ1v) is 9.54. The van der Waals surface area contributed by atoms with Gasteiger partial charge in [0.15, 0.2) is 0 Å². The summed E-state index contributed by atoms with van der Waals surface area (Å²) in [5.74, 6) is 0.0819. The number of halogens is 1. The minimum Gasteiger partial charge on any atom is -0.357 e. The second-order valence-corrected chi connectivity index (χ2v) is 6.87. The van der Waals surface area contributed by atoms with E-state index in [2.05, 4.69) is 5.32 Å². The lowest BCUT2D eigenvalue weighted by Gasteiger charge is -2.28. The zero-order valence-corrected chi connectivity index (χ0v) is 15.8. The van der Waals surface area contributed by atoms with E-state index in [-0.39, 0.29) is 29.9 Å². The van der Waals surface area contributed by atoms with E-state index in [0.717, 1.165) is 5.56 Å². The molecule has 0 fully saturated rings. The Hall–Kier alpha value is -2.34. The number of carbonyl (C=O) groups is 2. The first-order valence-electron chi connectivity index (χ1n) is 8.39. The van der Waals surface area contributed by atoms with Crippen LogP contribution < -0.4 is 5.32 Å². The smallest absolute Gasteiger partial charge is 0.242 e. The van der Waals surface area contributed by atoms with E-state index in [1.807, 2.05) is 30.3 Å². The fourth-order valence-electron chi connectivity index (χ4n) is 2.52. The molecule has 0 aliphatic carbocycles. The first-order chi connectivity index (χ1) is 12.5. The third-order valence-corrected chi connectivity index (χ3v) is 5.04. The Balaban J connectivity index is 2.05. The molecular weight excluding hydrogens is 351 g/mol. The normalized spacial score (nSPS) is 11.7. The van der Waals surface area contributed by atoms with Gasteiger partial charge in [-0.2, -0.15) is 0 Å². The Labute approximate surface area is 157 Å². The standard InChI is InChI=1S/C20H23FN2O2S/c1-15(20(25)22-2)23(12-17-10-6-7-11-18(17)21)19(24)14-26-13-16-8-4-3-5-9-16/h3-11,15H,12-14H2,1-2H3,(H,22,25). The van der Waals surface area contributed by atoms with Crippen LogP contribution in [0.2, 0.25) is 0 Å². The van der Waals surface area contributed by atoms with Crippen molar-refractivity contribution >= 4 is 23.6 Å². The Kier molecular flexibility index (Phi) is 7.66. The van der Waals surface area contributed by atoms with Crippen LogP contribution in [0.3, 0.4) is 0 Å². The zero-order valence-electron chi connectivity index (χ0n) is 14.9. The van der Waals surface area contributed by atoms with Crippen LogP contribution in [0.5, 0.6) is 0 Å². The number of thioether (sulfide) groups is 1. The second-order valence-electron chi connectivity index (χ2n) is 5.88. The number of amides is 2. The molecule has 2 aromatic rings. The molecule has 2 amide bonds. The number of rotatable bonds is 8. The highest BCUT2D eigenvalue weighted by Crippen LogP contribution is 2.17. The van der Waals surface area contributed by atoms with Gasteiger partial charge in [0.05, 0.1) is 5.75 Å². The number of carbonyl (C=O) groups excluding carboxylic acids is 2. The molecule has 0 spiro atoms.